The molecule has 536 valence electrons. The van der Waals surface area contributed by atoms with E-state index in [9.17, 15) is 14.7 Å². The summed E-state index contributed by atoms with van der Waals surface area (Å²) >= 11 is 0. The Morgan fingerprint density at radius 2 is 0.690 bits per heavy atom. The summed E-state index contributed by atoms with van der Waals surface area (Å²) < 4.78 is 0. The van der Waals surface area contributed by atoms with Crippen LogP contribution in [0.25, 0.3) is 11.1 Å². The van der Waals surface area contributed by atoms with E-state index >= 15 is 0 Å². The van der Waals surface area contributed by atoms with Gasteiger partial charge >= 0.3 is 5.78 Å². The zero-order valence-electron chi connectivity index (χ0n) is 62.8. The summed E-state index contributed by atoms with van der Waals surface area (Å²) in [6.07, 6.45) is 64.0. The molecule has 1 unspecified atom stereocenters. The molecule has 6 aromatic rings. The number of nitrogens with one attached hydrogen (secondary N) is 1. The molecule has 0 bridgehead atoms. The molecule has 0 saturated heterocycles. The van der Waals surface area contributed by atoms with Crippen LogP contribution >= 0.6 is 0 Å². The van der Waals surface area contributed by atoms with Crippen molar-refractivity contribution in [2.45, 2.75) is 316 Å². The molecule has 2 aliphatic rings. The minimum atomic E-state index is -1.79. The van der Waals surface area contributed by atoms with Crippen molar-refractivity contribution in [3.8, 4) is 0 Å². The predicted octanol–water partition coefficient (Wildman–Crippen LogP) is 24.5. The van der Waals surface area contributed by atoms with Gasteiger partial charge in [-0.2, -0.15) is 0 Å². The van der Waals surface area contributed by atoms with Crippen molar-refractivity contribution < 1.29 is 34.2 Å². The van der Waals surface area contributed by atoms with Crippen LogP contribution in [0.1, 0.15) is 352 Å². The third kappa shape index (κ3) is 26.9. The Morgan fingerprint density at radius 3 is 1.05 bits per heavy atom. The summed E-state index contributed by atoms with van der Waals surface area (Å²) in [6.45, 7) is 9.13. The first-order valence-corrected chi connectivity index (χ1v) is 40.4. The monoisotopic (exact) mass is 1400 g/mol. The number of benzene rings is 4. The molecule has 8 heteroatoms. The molecule has 0 fully saturated rings. The third-order valence-electron chi connectivity index (χ3n) is 21.0. The topological polar surface area (TPSA) is 111 Å². The van der Waals surface area contributed by atoms with Crippen LogP contribution in [0.5, 0.6) is 0 Å². The van der Waals surface area contributed by atoms with Crippen LogP contribution in [0.15, 0.2) is 162 Å². The molecular weight excluding hydrogens is 1270 g/mol. The summed E-state index contributed by atoms with van der Waals surface area (Å²) in [7, 11) is 0. The fourth-order valence-corrected chi connectivity index (χ4v) is 14.7. The van der Waals surface area contributed by atoms with Gasteiger partial charge in [0.1, 0.15) is 5.60 Å². The zero-order chi connectivity index (χ0) is 69.4. The normalized spacial score (nSPS) is 14.4. The van der Waals surface area contributed by atoms with Gasteiger partial charge in [-0.15, -0.1) is 17.1 Å². The Balaban J connectivity index is 0.0000140. The van der Waals surface area contributed by atoms with Crippen molar-refractivity contribution in [2.75, 3.05) is 0 Å². The molecule has 0 aliphatic carbocycles. The maximum atomic E-state index is 13.7. The van der Waals surface area contributed by atoms with Gasteiger partial charge in [-0.3, -0.25) is 9.59 Å². The van der Waals surface area contributed by atoms with Crippen LogP contribution in [0.4, 0.5) is 0 Å². The minimum Gasteiger partial charge on any atom is -0.658 e. The number of allylic oxidation sites excluding steroid dienone is 4. The molecule has 1 atom stereocenters. The van der Waals surface area contributed by atoms with Gasteiger partial charge in [0.05, 0.1) is 22.7 Å². The Hall–Kier alpha value is -6.21. The van der Waals surface area contributed by atoms with Gasteiger partial charge in [-0.25, -0.2) is 4.99 Å². The van der Waals surface area contributed by atoms with Crippen molar-refractivity contribution in [2.24, 2.45) is 4.99 Å². The number of carbonyl (C=O) groups excluding carboxylic acids is 2. The van der Waals surface area contributed by atoms with Gasteiger partial charge in [0.15, 0.2) is 0 Å². The summed E-state index contributed by atoms with van der Waals surface area (Å²) in [4.78, 5) is 41.0. The van der Waals surface area contributed by atoms with E-state index in [-0.39, 0.29) is 31.2 Å². The Morgan fingerprint density at radius 1 is 0.370 bits per heavy atom. The fraction of sp³-hybridized carbons (Fsp3) is 0.533. The number of ketones is 1. The number of unbranched alkanes of at least 4 members (excludes halogenated alkanes) is 36. The molecule has 0 saturated carbocycles. The fourth-order valence-electron chi connectivity index (χ4n) is 14.7. The van der Waals surface area contributed by atoms with Crippen LogP contribution in [-0.4, -0.2) is 27.3 Å². The van der Waals surface area contributed by atoms with Crippen molar-refractivity contribution in [3.63, 3.8) is 0 Å². The van der Waals surface area contributed by atoms with E-state index in [2.05, 4.69) is 118 Å². The van der Waals surface area contributed by atoms with E-state index in [0.29, 0.717) is 33.9 Å². The molecular formula is C92H127N4O3Zn-. The average Bonchev–Trinajstić information content (AvgIpc) is 1.64. The van der Waals surface area contributed by atoms with Crippen molar-refractivity contribution >= 4 is 28.5 Å². The second-order valence-corrected chi connectivity index (χ2v) is 29.2. The number of aromatic nitrogens is 2. The van der Waals surface area contributed by atoms with Crippen LogP contribution in [0.3, 0.4) is 0 Å². The van der Waals surface area contributed by atoms with E-state index in [0.717, 1.165) is 84.3 Å². The average molecular weight is 1400 g/mol. The van der Waals surface area contributed by atoms with E-state index in [1.54, 1.807) is 6.08 Å². The van der Waals surface area contributed by atoms with Gasteiger partial charge in [0, 0.05) is 31.1 Å². The molecule has 2 aromatic heterocycles. The molecule has 0 radical (unpaired) electrons. The largest absolute Gasteiger partial charge is 0.658 e. The molecule has 3 N–H and O–H groups in total. The van der Waals surface area contributed by atoms with Gasteiger partial charge in [-0.1, -0.05) is 368 Å². The smallest absolute Gasteiger partial charge is 0.332 e. The maximum Gasteiger partial charge on any atom is 0.332 e. The minimum absolute atomic E-state index is 0. The number of carbonyl (C=O) groups is 1. The number of aliphatic imine (C=N–C) groups is 1. The summed E-state index contributed by atoms with van der Waals surface area (Å²) in [5.74, 6) is -0.0744. The van der Waals surface area contributed by atoms with E-state index < -0.39 is 5.60 Å². The molecule has 8 rings (SSSR count). The van der Waals surface area contributed by atoms with Crippen LogP contribution < -0.4 is 15.3 Å². The number of aryl methyl sites for hydroxylation is 4. The first kappa shape index (κ1) is 81.1. The molecule has 0 spiro atoms. The van der Waals surface area contributed by atoms with Gasteiger partial charge in [0.25, 0.3) is 0 Å². The molecule has 7 nitrogen and oxygen atoms in total. The Bertz CT molecular complexity index is 3430. The summed E-state index contributed by atoms with van der Waals surface area (Å²) in [5, 5.41) is 16.9. The second-order valence-electron chi connectivity index (χ2n) is 29.2. The first-order chi connectivity index (χ1) is 48.7. The molecule has 2 aliphatic heterocycles. The summed E-state index contributed by atoms with van der Waals surface area (Å²) in [5.41, 5.74) is 12.5. The zero-order valence-corrected chi connectivity index (χ0v) is 65.8. The molecule has 4 heterocycles. The van der Waals surface area contributed by atoms with Crippen molar-refractivity contribution in [3.05, 3.63) is 224 Å². The Labute approximate surface area is 619 Å². The van der Waals surface area contributed by atoms with Crippen LogP contribution in [-0.2, 0) is 55.6 Å². The van der Waals surface area contributed by atoms with Crippen molar-refractivity contribution in [1.29, 1.82) is 0 Å². The number of hydrogen-bond donors (Lipinski definition) is 2. The SMILES string of the molecule is CCCCCCCCCCCCc1ccc(C(=[OH+])c2ccc(C(O)(c3ccc(CCCCCCCCCCCC)cc3)c3ccc(/C(=C4/C=CC(C(=C5/C=CC(=O)N5)/c5ccc(CCCCCCCCCCCC)cc5)=N4)c4ccc(CCCCCCCCCCCC)cc4)[n-]3)[n-]2)cc1.[Zn]. The predicted molar refractivity (Wildman–Crippen MR) is 422 cm³/mol. The van der Waals surface area contributed by atoms with Gasteiger partial charge in [0.2, 0.25) is 5.91 Å². The first-order valence-electron chi connectivity index (χ1n) is 40.4. The Kier molecular flexibility index (Phi) is 38.2. The van der Waals surface area contributed by atoms with Crippen LogP contribution in [0, 0.1) is 0 Å². The van der Waals surface area contributed by atoms with Crippen molar-refractivity contribution in [1.82, 2.24) is 15.3 Å². The number of rotatable bonds is 53. The number of amides is 1. The quantitative estimate of drug-likeness (QED) is 0.0171. The number of aliphatic hydroxyl groups is 1. The standard InChI is InChI=1S/C92H128N4O3.Zn/c1-5-9-13-17-21-25-29-33-37-41-45-73-49-57-77(58-50-73)89(81-65-66-82(93-81)90(84-69-72-88(97)96-84)78-59-51-74(52-60-78)46-42-38-34-30-26-22-18-14-10-6-2)83-67-70-86(94-83)92(99,80-63-55-76(56-64-80)48-44-40-36-32-28-24-20-16-12-8-4)87-71-68-85(95-87)91(98)79-61-53-75(54-62-79)47-43-39-35-31-27-23-19-15-11-7-3;/h49-72,99H,5-48H2,1-4H3,(H3,93,94,95,96,97,98);/p-1. The van der Waals surface area contributed by atoms with Gasteiger partial charge < -0.3 is 20.4 Å². The van der Waals surface area contributed by atoms with E-state index in [4.69, 9.17) is 15.0 Å². The molecule has 4 aromatic carbocycles. The van der Waals surface area contributed by atoms with E-state index in [1.165, 1.54) is 260 Å². The van der Waals surface area contributed by atoms with Gasteiger partial charge in [-0.05, 0) is 132 Å². The molecule has 100 heavy (non-hydrogen) atoms. The summed E-state index contributed by atoms with van der Waals surface area (Å²) in [6, 6.07) is 42.1. The number of hydrogen-bond acceptors (Lipinski definition) is 3. The van der Waals surface area contributed by atoms with Crippen LogP contribution in [0.2, 0.25) is 0 Å². The second kappa shape index (κ2) is 47.1. The van der Waals surface area contributed by atoms with E-state index in [1.807, 2.05) is 54.6 Å². The molecule has 1 amide bonds. The number of nitrogens with zero attached hydrogens (tertiary/aromatic N) is 3. The maximum absolute atomic E-state index is 13.7. The third-order valence-corrected chi connectivity index (χ3v) is 21.0.